The predicted molar refractivity (Wildman–Crippen MR) is 88.3 cm³/mol. The molecule has 5 atom stereocenters. The quantitative estimate of drug-likeness (QED) is 0.850. The molecule has 0 aliphatic heterocycles. The first-order chi connectivity index (χ1) is 10.2. The van der Waals surface area contributed by atoms with Gasteiger partial charge in [-0.1, -0.05) is 25.7 Å². The van der Waals surface area contributed by atoms with Gasteiger partial charge in [-0.2, -0.15) is 0 Å². The van der Waals surface area contributed by atoms with Gasteiger partial charge in [-0.15, -0.1) is 0 Å². The molecule has 0 radical (unpaired) electrons. The second-order valence-electron chi connectivity index (χ2n) is 8.82. The van der Waals surface area contributed by atoms with Gasteiger partial charge in [0, 0.05) is 18.1 Å². The zero-order valence-corrected chi connectivity index (χ0v) is 14.1. The summed E-state index contributed by atoms with van der Waals surface area (Å²) in [5.74, 6) is 4.35. The number of hydrogen-bond donors (Lipinski definition) is 1. The summed E-state index contributed by atoms with van der Waals surface area (Å²) in [5, 5.41) is 4.08. The third kappa shape index (κ3) is 2.37. The lowest BCUT2D eigenvalue weighted by atomic mass is 9.77. The molecule has 21 heavy (non-hydrogen) atoms. The molecule has 1 N–H and O–H groups in total. The molecule has 0 aromatic rings. The number of rotatable bonds is 4. The van der Waals surface area contributed by atoms with Crippen LogP contribution in [-0.2, 0) is 0 Å². The maximum Gasteiger partial charge on any atom is 0.0327 e. The fourth-order valence-electron chi connectivity index (χ4n) is 6.62. The normalized spacial score (nSPS) is 44.4. The first-order valence-corrected chi connectivity index (χ1v) is 9.60. The van der Waals surface area contributed by atoms with Crippen LogP contribution in [0.1, 0.15) is 64.2 Å². The SMILES string of the molecule is CN(C)C1(CNC2CC3CC2C2CCCC32)CCCCC1. The first-order valence-electron chi connectivity index (χ1n) is 9.60. The topological polar surface area (TPSA) is 15.3 Å². The third-order valence-corrected chi connectivity index (χ3v) is 7.85. The zero-order valence-electron chi connectivity index (χ0n) is 14.1. The monoisotopic (exact) mass is 290 g/mol. The molecule has 2 nitrogen and oxygen atoms in total. The van der Waals surface area contributed by atoms with Crippen LogP contribution in [0, 0.1) is 23.7 Å². The Hall–Kier alpha value is -0.0800. The van der Waals surface area contributed by atoms with Gasteiger partial charge in [-0.3, -0.25) is 0 Å². The fourth-order valence-corrected chi connectivity index (χ4v) is 6.62. The molecule has 0 saturated heterocycles. The lowest BCUT2D eigenvalue weighted by Gasteiger charge is -2.45. The van der Waals surface area contributed by atoms with Crippen LogP contribution in [0.4, 0.5) is 0 Å². The summed E-state index contributed by atoms with van der Waals surface area (Å²) in [5.41, 5.74) is 0.454. The summed E-state index contributed by atoms with van der Waals surface area (Å²) in [6, 6.07) is 0.855. The van der Waals surface area contributed by atoms with E-state index in [1.165, 1.54) is 51.5 Å². The minimum absolute atomic E-state index is 0.454. The highest BCUT2D eigenvalue weighted by atomic mass is 15.2. The van der Waals surface area contributed by atoms with E-state index < -0.39 is 0 Å². The van der Waals surface area contributed by atoms with Gasteiger partial charge in [-0.25, -0.2) is 0 Å². The van der Waals surface area contributed by atoms with E-state index in [0.29, 0.717) is 5.54 Å². The molecule has 0 spiro atoms. The van der Waals surface area contributed by atoms with E-state index in [2.05, 4.69) is 24.3 Å². The number of fused-ring (bicyclic) bond motifs is 5. The Bertz CT molecular complexity index is 372. The Balaban J connectivity index is 1.38. The van der Waals surface area contributed by atoms with Crippen LogP contribution in [0.15, 0.2) is 0 Å². The molecule has 0 heterocycles. The highest BCUT2D eigenvalue weighted by Crippen LogP contribution is 2.58. The van der Waals surface area contributed by atoms with Gasteiger partial charge in [0.1, 0.15) is 0 Å². The van der Waals surface area contributed by atoms with Crippen LogP contribution in [0.5, 0.6) is 0 Å². The van der Waals surface area contributed by atoms with Gasteiger partial charge in [-0.05, 0) is 76.3 Å². The Labute approximate surface area is 131 Å². The molecule has 4 saturated carbocycles. The molecule has 5 unspecified atom stereocenters. The minimum atomic E-state index is 0.454. The van der Waals surface area contributed by atoms with Crippen LogP contribution in [0.25, 0.3) is 0 Å². The number of nitrogens with zero attached hydrogens (tertiary/aromatic N) is 1. The van der Waals surface area contributed by atoms with Crippen LogP contribution in [0.2, 0.25) is 0 Å². The van der Waals surface area contributed by atoms with E-state index in [0.717, 1.165) is 29.7 Å². The van der Waals surface area contributed by atoms with Crippen molar-refractivity contribution in [3.63, 3.8) is 0 Å². The van der Waals surface area contributed by atoms with E-state index in [4.69, 9.17) is 0 Å². The number of likely N-dealkylation sites (N-methyl/N-ethyl adjacent to an activating group) is 1. The largest absolute Gasteiger partial charge is 0.312 e. The van der Waals surface area contributed by atoms with Crippen LogP contribution < -0.4 is 5.32 Å². The summed E-state index contributed by atoms with van der Waals surface area (Å²) in [6.45, 7) is 1.24. The summed E-state index contributed by atoms with van der Waals surface area (Å²) in [6.07, 6.45) is 14.8. The van der Waals surface area contributed by atoms with E-state index in [9.17, 15) is 0 Å². The molecular weight excluding hydrogens is 256 g/mol. The molecule has 0 aromatic heterocycles. The maximum absolute atomic E-state index is 4.08. The van der Waals surface area contributed by atoms with Crippen molar-refractivity contribution in [1.82, 2.24) is 10.2 Å². The Morgan fingerprint density at radius 1 is 0.905 bits per heavy atom. The van der Waals surface area contributed by atoms with Crippen LogP contribution in [0.3, 0.4) is 0 Å². The van der Waals surface area contributed by atoms with Gasteiger partial charge in [0.25, 0.3) is 0 Å². The van der Waals surface area contributed by atoms with Gasteiger partial charge < -0.3 is 10.2 Å². The molecule has 4 aliphatic rings. The maximum atomic E-state index is 4.08. The molecule has 0 amide bonds. The van der Waals surface area contributed by atoms with Crippen molar-refractivity contribution in [3.05, 3.63) is 0 Å². The van der Waals surface area contributed by atoms with Crippen molar-refractivity contribution in [3.8, 4) is 0 Å². The van der Waals surface area contributed by atoms with Crippen molar-refractivity contribution < 1.29 is 0 Å². The number of hydrogen-bond acceptors (Lipinski definition) is 2. The second-order valence-corrected chi connectivity index (χ2v) is 8.82. The van der Waals surface area contributed by atoms with E-state index in [1.54, 1.807) is 19.3 Å². The summed E-state index contributed by atoms with van der Waals surface area (Å²) in [4.78, 5) is 2.53. The summed E-state index contributed by atoms with van der Waals surface area (Å²) < 4.78 is 0. The van der Waals surface area contributed by atoms with Crippen molar-refractivity contribution in [2.75, 3.05) is 20.6 Å². The standard InChI is InChI=1S/C19H34N2/c1-21(2)19(9-4-3-5-10-19)13-20-18-12-14-11-17(18)16-8-6-7-15(14)16/h14-18,20H,3-13H2,1-2H3. The molecule has 0 aromatic carbocycles. The Morgan fingerprint density at radius 3 is 2.43 bits per heavy atom. The Morgan fingerprint density at radius 2 is 1.67 bits per heavy atom. The molecule has 4 rings (SSSR count). The molecule has 120 valence electrons. The lowest BCUT2D eigenvalue weighted by Crippen LogP contribution is -2.55. The summed E-state index contributed by atoms with van der Waals surface area (Å²) >= 11 is 0. The molecule has 4 aliphatic carbocycles. The smallest absolute Gasteiger partial charge is 0.0327 e. The average Bonchev–Trinajstić information content (AvgIpc) is 3.18. The van der Waals surface area contributed by atoms with E-state index >= 15 is 0 Å². The van der Waals surface area contributed by atoms with Gasteiger partial charge in [0.2, 0.25) is 0 Å². The van der Waals surface area contributed by atoms with Crippen molar-refractivity contribution in [2.24, 2.45) is 23.7 Å². The zero-order chi connectivity index (χ0) is 14.4. The van der Waals surface area contributed by atoms with Crippen LogP contribution >= 0.6 is 0 Å². The predicted octanol–water partition coefficient (Wildman–Crippen LogP) is 3.67. The second kappa shape index (κ2) is 5.53. The first kappa shape index (κ1) is 14.5. The van der Waals surface area contributed by atoms with Gasteiger partial charge >= 0.3 is 0 Å². The molecule has 2 heteroatoms. The average molecular weight is 290 g/mol. The van der Waals surface area contributed by atoms with Crippen LogP contribution in [-0.4, -0.2) is 37.1 Å². The van der Waals surface area contributed by atoms with E-state index in [-0.39, 0.29) is 0 Å². The molecule has 4 fully saturated rings. The van der Waals surface area contributed by atoms with E-state index in [1.807, 2.05) is 0 Å². The van der Waals surface area contributed by atoms with Crippen molar-refractivity contribution >= 4 is 0 Å². The highest BCUT2D eigenvalue weighted by Gasteiger charge is 2.53. The molecule has 2 bridgehead atoms. The fraction of sp³-hybridized carbons (Fsp3) is 1.00. The van der Waals surface area contributed by atoms with Crippen molar-refractivity contribution in [1.29, 1.82) is 0 Å². The Kier molecular flexibility index (Phi) is 3.82. The van der Waals surface area contributed by atoms with Gasteiger partial charge in [0.05, 0.1) is 0 Å². The van der Waals surface area contributed by atoms with Crippen molar-refractivity contribution in [2.45, 2.75) is 75.8 Å². The number of nitrogens with one attached hydrogen (secondary N) is 1. The third-order valence-electron chi connectivity index (χ3n) is 7.85. The minimum Gasteiger partial charge on any atom is -0.312 e. The summed E-state index contributed by atoms with van der Waals surface area (Å²) in [7, 11) is 4.61. The molecular formula is C19H34N2. The lowest BCUT2D eigenvalue weighted by molar-refractivity contribution is 0.0872. The van der Waals surface area contributed by atoms with Gasteiger partial charge in [0.15, 0.2) is 0 Å². The highest BCUT2D eigenvalue weighted by molar-refractivity contribution is 5.06.